The molecule has 134 valence electrons. The van der Waals surface area contributed by atoms with E-state index in [1.54, 1.807) is 18.2 Å². The molecule has 2 rings (SSSR count). The van der Waals surface area contributed by atoms with E-state index in [0.717, 1.165) is 38.2 Å². The third-order valence-electron chi connectivity index (χ3n) is 4.15. The highest BCUT2D eigenvalue weighted by Crippen LogP contribution is 2.33. The second-order valence-corrected chi connectivity index (χ2v) is 5.57. The topological polar surface area (TPSA) is 24.5 Å². The van der Waals surface area contributed by atoms with Gasteiger partial charge in [-0.05, 0) is 23.6 Å². The van der Waals surface area contributed by atoms with Crippen LogP contribution in [-0.4, -0.2) is 37.7 Å². The lowest BCUT2D eigenvalue weighted by molar-refractivity contribution is -0.0499. The number of nitrogens with one attached hydrogen (secondary N) is 1. The van der Waals surface area contributed by atoms with E-state index in [0.29, 0.717) is 5.92 Å². The molecule has 0 bridgehead atoms. The molecule has 23 heavy (non-hydrogen) atoms. The number of rotatable bonds is 6. The van der Waals surface area contributed by atoms with Gasteiger partial charge < -0.3 is 10.1 Å². The first-order chi connectivity index (χ1) is 10.1. The third kappa shape index (κ3) is 6.42. The van der Waals surface area contributed by atoms with Gasteiger partial charge in [0.15, 0.2) is 0 Å². The summed E-state index contributed by atoms with van der Waals surface area (Å²) < 4.78 is 29.3. The summed E-state index contributed by atoms with van der Waals surface area (Å²) in [5.41, 5.74) is 1.06. The van der Waals surface area contributed by atoms with Crippen molar-refractivity contribution in [1.82, 2.24) is 10.2 Å². The van der Waals surface area contributed by atoms with Crippen molar-refractivity contribution in [1.29, 1.82) is 0 Å². The normalized spacial score (nSPS) is 17.8. The van der Waals surface area contributed by atoms with Crippen LogP contribution in [0.5, 0.6) is 5.75 Å². The predicted octanol–water partition coefficient (Wildman–Crippen LogP) is 4.12. The summed E-state index contributed by atoms with van der Waals surface area (Å²) in [5, 5.41) is 3.35. The van der Waals surface area contributed by atoms with Crippen LogP contribution in [0.4, 0.5) is 8.78 Å². The van der Waals surface area contributed by atoms with Gasteiger partial charge >= 0.3 is 6.61 Å². The van der Waals surface area contributed by atoms with E-state index in [-0.39, 0.29) is 36.6 Å². The fourth-order valence-corrected chi connectivity index (χ4v) is 2.96. The Hall–Kier alpha value is -0.620. The Labute approximate surface area is 149 Å². The molecule has 1 N–H and O–H groups in total. The standard InChI is InChI=1S/C16H24F2N2O.2ClH/c1-3-12(2)15(20-9-7-19-8-10-20)13-5-4-6-14(11-13)21-16(17)18;;/h4-6,11-12,15-16,19H,3,7-10H2,1-2H3;2*1H/t12?,15-;;/m0../s1. The minimum absolute atomic E-state index is 0. The Balaban J connectivity index is 0.00000242. The Bertz CT molecular complexity index is 446. The zero-order valence-corrected chi connectivity index (χ0v) is 15.1. The molecule has 1 heterocycles. The summed E-state index contributed by atoms with van der Waals surface area (Å²) in [4.78, 5) is 2.44. The number of piperazine rings is 1. The first-order valence-corrected chi connectivity index (χ1v) is 7.61. The van der Waals surface area contributed by atoms with Gasteiger partial charge in [0.1, 0.15) is 5.75 Å². The van der Waals surface area contributed by atoms with Gasteiger partial charge in [-0.1, -0.05) is 32.4 Å². The first kappa shape index (κ1) is 22.4. The highest BCUT2D eigenvalue weighted by Gasteiger charge is 2.26. The van der Waals surface area contributed by atoms with Gasteiger partial charge in [-0.2, -0.15) is 8.78 Å². The summed E-state index contributed by atoms with van der Waals surface area (Å²) in [6.45, 7) is 5.51. The molecule has 1 unspecified atom stereocenters. The van der Waals surface area contributed by atoms with Crippen LogP contribution in [0.3, 0.4) is 0 Å². The van der Waals surface area contributed by atoms with E-state index in [4.69, 9.17) is 0 Å². The van der Waals surface area contributed by atoms with Crippen molar-refractivity contribution < 1.29 is 13.5 Å². The Morgan fingerprint density at radius 3 is 2.43 bits per heavy atom. The van der Waals surface area contributed by atoms with Crippen LogP contribution in [-0.2, 0) is 0 Å². The number of nitrogens with zero attached hydrogens (tertiary/aromatic N) is 1. The smallest absolute Gasteiger partial charge is 0.387 e. The molecule has 1 saturated heterocycles. The molecule has 0 amide bonds. The number of halogens is 4. The van der Waals surface area contributed by atoms with Crippen molar-refractivity contribution in [3.05, 3.63) is 29.8 Å². The molecular weight excluding hydrogens is 345 g/mol. The SMILES string of the molecule is CCC(C)[C@@H](c1cccc(OC(F)F)c1)N1CCNCC1.Cl.Cl. The van der Waals surface area contributed by atoms with Crippen LogP contribution in [0, 0.1) is 5.92 Å². The van der Waals surface area contributed by atoms with E-state index < -0.39 is 6.61 Å². The maximum absolute atomic E-state index is 12.4. The first-order valence-electron chi connectivity index (χ1n) is 7.61. The molecule has 0 saturated carbocycles. The maximum atomic E-state index is 12.4. The second kappa shape index (κ2) is 11.0. The van der Waals surface area contributed by atoms with Crippen molar-refractivity contribution in [2.75, 3.05) is 26.2 Å². The van der Waals surface area contributed by atoms with Gasteiger partial charge in [-0.15, -0.1) is 24.8 Å². The summed E-state index contributed by atoms with van der Waals surface area (Å²) >= 11 is 0. The molecule has 0 aliphatic carbocycles. The molecule has 1 aliphatic rings. The molecule has 1 aromatic rings. The average Bonchev–Trinajstić information content (AvgIpc) is 2.48. The second-order valence-electron chi connectivity index (χ2n) is 5.57. The quantitative estimate of drug-likeness (QED) is 0.814. The Morgan fingerprint density at radius 1 is 1.22 bits per heavy atom. The van der Waals surface area contributed by atoms with Crippen molar-refractivity contribution in [3.8, 4) is 5.75 Å². The third-order valence-corrected chi connectivity index (χ3v) is 4.15. The largest absolute Gasteiger partial charge is 0.435 e. The molecule has 1 aliphatic heterocycles. The molecule has 0 spiro atoms. The van der Waals surface area contributed by atoms with Crippen LogP contribution < -0.4 is 10.1 Å². The summed E-state index contributed by atoms with van der Waals surface area (Å²) in [6.07, 6.45) is 1.05. The highest BCUT2D eigenvalue weighted by atomic mass is 35.5. The molecule has 0 aromatic heterocycles. The zero-order valence-electron chi connectivity index (χ0n) is 13.5. The van der Waals surface area contributed by atoms with E-state index in [1.807, 2.05) is 6.07 Å². The van der Waals surface area contributed by atoms with Gasteiger partial charge in [0.2, 0.25) is 0 Å². The molecule has 0 radical (unpaired) electrons. The number of hydrogen-bond acceptors (Lipinski definition) is 3. The minimum atomic E-state index is -2.78. The van der Waals surface area contributed by atoms with Crippen LogP contribution in [0.15, 0.2) is 24.3 Å². The van der Waals surface area contributed by atoms with Crippen molar-refractivity contribution in [3.63, 3.8) is 0 Å². The molecule has 7 heteroatoms. The number of hydrogen-bond donors (Lipinski definition) is 1. The molecule has 1 fully saturated rings. The van der Waals surface area contributed by atoms with Crippen LogP contribution in [0.25, 0.3) is 0 Å². The summed E-state index contributed by atoms with van der Waals surface area (Å²) in [6, 6.07) is 7.40. The van der Waals surface area contributed by atoms with Gasteiger partial charge in [0.25, 0.3) is 0 Å². The number of ether oxygens (including phenoxy) is 1. The van der Waals surface area contributed by atoms with Gasteiger partial charge in [0.05, 0.1) is 0 Å². The Morgan fingerprint density at radius 2 is 1.87 bits per heavy atom. The van der Waals surface area contributed by atoms with Crippen LogP contribution in [0.1, 0.15) is 31.9 Å². The van der Waals surface area contributed by atoms with Gasteiger partial charge in [-0.25, -0.2) is 0 Å². The molecule has 2 atom stereocenters. The maximum Gasteiger partial charge on any atom is 0.387 e. The highest BCUT2D eigenvalue weighted by molar-refractivity contribution is 5.85. The lowest BCUT2D eigenvalue weighted by Gasteiger charge is -2.38. The number of benzene rings is 1. The van der Waals surface area contributed by atoms with E-state index in [2.05, 4.69) is 28.8 Å². The molecule has 1 aromatic carbocycles. The predicted molar refractivity (Wildman–Crippen MR) is 94.2 cm³/mol. The summed E-state index contributed by atoms with van der Waals surface area (Å²) in [5.74, 6) is 0.704. The van der Waals surface area contributed by atoms with Crippen LogP contribution >= 0.6 is 24.8 Å². The summed E-state index contributed by atoms with van der Waals surface area (Å²) in [7, 11) is 0. The van der Waals surface area contributed by atoms with E-state index in [1.165, 1.54) is 0 Å². The fourth-order valence-electron chi connectivity index (χ4n) is 2.96. The average molecular weight is 371 g/mol. The van der Waals surface area contributed by atoms with Gasteiger partial charge in [-0.3, -0.25) is 4.90 Å². The minimum Gasteiger partial charge on any atom is -0.435 e. The van der Waals surface area contributed by atoms with Crippen molar-refractivity contribution >= 4 is 24.8 Å². The van der Waals surface area contributed by atoms with Gasteiger partial charge in [0, 0.05) is 32.2 Å². The molecular formula is C16H26Cl2F2N2O. The van der Waals surface area contributed by atoms with E-state index in [9.17, 15) is 8.78 Å². The van der Waals surface area contributed by atoms with E-state index >= 15 is 0 Å². The van der Waals surface area contributed by atoms with Crippen LogP contribution in [0.2, 0.25) is 0 Å². The fraction of sp³-hybridized carbons (Fsp3) is 0.625. The van der Waals surface area contributed by atoms with Crippen molar-refractivity contribution in [2.45, 2.75) is 32.9 Å². The van der Waals surface area contributed by atoms with Crippen molar-refractivity contribution in [2.24, 2.45) is 5.92 Å². The lowest BCUT2D eigenvalue weighted by atomic mass is 9.90. The monoisotopic (exact) mass is 370 g/mol. The molecule has 3 nitrogen and oxygen atoms in total. The lowest BCUT2D eigenvalue weighted by Crippen LogP contribution is -2.46. The zero-order chi connectivity index (χ0) is 15.2. The Kier molecular flexibility index (Phi) is 10.7. The number of alkyl halides is 2.